The van der Waals surface area contributed by atoms with Crippen LogP contribution in [-0.2, 0) is 6.54 Å². The monoisotopic (exact) mass is 240 g/mol. The highest BCUT2D eigenvalue weighted by molar-refractivity contribution is 5.33. The van der Waals surface area contributed by atoms with Gasteiger partial charge < -0.3 is 0 Å². The maximum Gasteiger partial charge on any atom is 0.329 e. The Morgan fingerprint density at radius 2 is 1.89 bits per heavy atom. The molecule has 0 spiro atoms. The van der Waals surface area contributed by atoms with E-state index < -0.39 is 0 Å². The van der Waals surface area contributed by atoms with Crippen molar-refractivity contribution in [2.75, 3.05) is 0 Å². The number of hydrogen-bond acceptors (Lipinski definition) is 1. The first-order chi connectivity index (χ1) is 8.68. The Hall–Kier alpha value is -2.21. The Morgan fingerprint density at radius 1 is 1.17 bits per heavy atom. The van der Waals surface area contributed by atoms with Crippen molar-refractivity contribution in [1.82, 2.24) is 9.13 Å². The van der Waals surface area contributed by atoms with Crippen LogP contribution in [0.3, 0.4) is 0 Å². The standard InChI is InChI=1S/C15H16N2O/c1-13(2)17-12-11-16(15(17)18)10-6-9-14-7-4-3-5-8-14/h3-5,7-8,11-13H,10H2,1-2H3. The molecule has 0 radical (unpaired) electrons. The molecule has 1 heterocycles. The molecule has 92 valence electrons. The van der Waals surface area contributed by atoms with Crippen molar-refractivity contribution in [2.45, 2.75) is 26.4 Å². The van der Waals surface area contributed by atoms with E-state index in [9.17, 15) is 4.79 Å². The maximum absolute atomic E-state index is 11.9. The van der Waals surface area contributed by atoms with Crippen LogP contribution >= 0.6 is 0 Å². The molecule has 0 atom stereocenters. The number of rotatable bonds is 2. The lowest BCUT2D eigenvalue weighted by Gasteiger charge is -2.03. The molecular formula is C15H16N2O. The quantitative estimate of drug-likeness (QED) is 0.740. The van der Waals surface area contributed by atoms with E-state index in [1.807, 2.05) is 44.2 Å². The average Bonchev–Trinajstić information content (AvgIpc) is 2.73. The summed E-state index contributed by atoms with van der Waals surface area (Å²) >= 11 is 0. The predicted octanol–water partition coefficient (Wildman–Crippen LogP) is 2.28. The Labute approximate surface area is 107 Å². The van der Waals surface area contributed by atoms with Crippen LogP contribution in [0, 0.1) is 11.8 Å². The third-order valence-corrected chi connectivity index (χ3v) is 2.69. The molecule has 0 saturated carbocycles. The van der Waals surface area contributed by atoms with Crippen LogP contribution in [0.15, 0.2) is 47.5 Å². The first-order valence-corrected chi connectivity index (χ1v) is 5.99. The van der Waals surface area contributed by atoms with Gasteiger partial charge in [-0.25, -0.2) is 4.79 Å². The van der Waals surface area contributed by atoms with Crippen LogP contribution in [0.25, 0.3) is 0 Å². The van der Waals surface area contributed by atoms with Gasteiger partial charge in [0.1, 0.15) is 0 Å². The lowest BCUT2D eigenvalue weighted by atomic mass is 10.2. The maximum atomic E-state index is 11.9. The van der Waals surface area contributed by atoms with Crippen LogP contribution in [0.5, 0.6) is 0 Å². The van der Waals surface area contributed by atoms with Crippen LogP contribution in [0.4, 0.5) is 0 Å². The third-order valence-electron chi connectivity index (χ3n) is 2.69. The Morgan fingerprint density at radius 3 is 2.50 bits per heavy atom. The summed E-state index contributed by atoms with van der Waals surface area (Å²) in [7, 11) is 0. The highest BCUT2D eigenvalue weighted by Gasteiger charge is 2.04. The van der Waals surface area contributed by atoms with Gasteiger partial charge in [0.25, 0.3) is 0 Å². The van der Waals surface area contributed by atoms with E-state index in [4.69, 9.17) is 0 Å². The summed E-state index contributed by atoms with van der Waals surface area (Å²) in [5.41, 5.74) is 0.959. The summed E-state index contributed by atoms with van der Waals surface area (Å²) in [5.74, 6) is 6.05. The summed E-state index contributed by atoms with van der Waals surface area (Å²) in [6, 6.07) is 9.94. The number of nitrogens with zero attached hydrogens (tertiary/aromatic N) is 2. The second-order valence-corrected chi connectivity index (χ2v) is 4.38. The topological polar surface area (TPSA) is 26.9 Å². The van der Waals surface area contributed by atoms with Crippen molar-refractivity contribution >= 4 is 0 Å². The lowest BCUT2D eigenvalue weighted by Crippen LogP contribution is -2.24. The van der Waals surface area contributed by atoms with E-state index in [-0.39, 0.29) is 11.7 Å². The molecule has 0 aliphatic rings. The van der Waals surface area contributed by atoms with Crippen molar-refractivity contribution in [3.63, 3.8) is 0 Å². The minimum atomic E-state index is -0.00707. The molecule has 2 aromatic rings. The zero-order valence-electron chi connectivity index (χ0n) is 10.6. The van der Waals surface area contributed by atoms with Gasteiger partial charge in [0.15, 0.2) is 0 Å². The molecule has 1 aromatic heterocycles. The van der Waals surface area contributed by atoms with Crippen LogP contribution < -0.4 is 5.69 Å². The van der Waals surface area contributed by atoms with Gasteiger partial charge in [-0.3, -0.25) is 9.13 Å². The fourth-order valence-electron chi connectivity index (χ4n) is 1.69. The Balaban J connectivity index is 2.13. The normalized spacial score (nSPS) is 10.2. The van der Waals surface area contributed by atoms with Crippen molar-refractivity contribution in [3.05, 3.63) is 58.8 Å². The zero-order chi connectivity index (χ0) is 13.0. The minimum Gasteiger partial charge on any atom is -0.297 e. The predicted molar refractivity (Wildman–Crippen MR) is 72.4 cm³/mol. The van der Waals surface area contributed by atoms with Gasteiger partial charge in [0.05, 0.1) is 6.54 Å². The van der Waals surface area contributed by atoms with E-state index in [0.29, 0.717) is 6.54 Å². The SMILES string of the molecule is CC(C)n1ccn(CC#Cc2ccccc2)c1=O. The second-order valence-electron chi connectivity index (χ2n) is 4.38. The number of aromatic nitrogens is 2. The first-order valence-electron chi connectivity index (χ1n) is 5.99. The molecule has 2 rings (SSSR count). The fraction of sp³-hybridized carbons (Fsp3) is 0.267. The number of imidazole rings is 1. The third kappa shape index (κ3) is 2.72. The smallest absolute Gasteiger partial charge is 0.297 e. The molecule has 0 unspecified atom stereocenters. The zero-order valence-corrected chi connectivity index (χ0v) is 10.6. The second kappa shape index (κ2) is 5.42. The number of hydrogen-bond donors (Lipinski definition) is 0. The molecule has 0 bridgehead atoms. The van der Waals surface area contributed by atoms with Gasteiger partial charge in [-0.1, -0.05) is 30.0 Å². The van der Waals surface area contributed by atoms with Crippen LogP contribution in [0.2, 0.25) is 0 Å². The largest absolute Gasteiger partial charge is 0.329 e. The van der Waals surface area contributed by atoms with Gasteiger partial charge in [0.2, 0.25) is 0 Å². The van der Waals surface area contributed by atoms with Crippen molar-refractivity contribution in [2.24, 2.45) is 0 Å². The molecule has 0 aliphatic heterocycles. The number of benzene rings is 1. The van der Waals surface area contributed by atoms with E-state index in [1.54, 1.807) is 21.5 Å². The summed E-state index contributed by atoms with van der Waals surface area (Å²) in [6.45, 7) is 4.40. The summed E-state index contributed by atoms with van der Waals surface area (Å²) in [6.07, 6.45) is 3.58. The molecule has 3 heteroatoms. The summed E-state index contributed by atoms with van der Waals surface area (Å²) in [5, 5.41) is 0. The molecule has 0 aliphatic carbocycles. The highest BCUT2D eigenvalue weighted by Crippen LogP contribution is 1.99. The van der Waals surface area contributed by atoms with Crippen molar-refractivity contribution in [3.8, 4) is 11.8 Å². The highest BCUT2D eigenvalue weighted by atomic mass is 16.1. The Bertz CT molecular complexity index is 624. The molecule has 1 aromatic carbocycles. The molecule has 3 nitrogen and oxygen atoms in total. The van der Waals surface area contributed by atoms with E-state index in [0.717, 1.165) is 5.56 Å². The van der Waals surface area contributed by atoms with E-state index in [1.165, 1.54) is 0 Å². The van der Waals surface area contributed by atoms with E-state index in [2.05, 4.69) is 11.8 Å². The molecule has 0 N–H and O–H groups in total. The average molecular weight is 240 g/mol. The van der Waals surface area contributed by atoms with Gasteiger partial charge in [0, 0.05) is 24.0 Å². The molecular weight excluding hydrogens is 224 g/mol. The van der Waals surface area contributed by atoms with Gasteiger partial charge in [-0.2, -0.15) is 0 Å². The molecule has 0 saturated heterocycles. The molecule has 0 fully saturated rings. The fourth-order valence-corrected chi connectivity index (χ4v) is 1.69. The van der Waals surface area contributed by atoms with Gasteiger partial charge in [-0.05, 0) is 26.0 Å². The molecule has 18 heavy (non-hydrogen) atoms. The van der Waals surface area contributed by atoms with Crippen molar-refractivity contribution in [1.29, 1.82) is 0 Å². The summed E-state index contributed by atoms with van der Waals surface area (Å²) < 4.78 is 3.32. The summed E-state index contributed by atoms with van der Waals surface area (Å²) in [4.78, 5) is 11.9. The molecule has 0 amide bonds. The minimum absolute atomic E-state index is 0.00707. The van der Waals surface area contributed by atoms with Crippen LogP contribution in [0.1, 0.15) is 25.5 Å². The van der Waals surface area contributed by atoms with Crippen LogP contribution in [-0.4, -0.2) is 9.13 Å². The van der Waals surface area contributed by atoms with Crippen molar-refractivity contribution < 1.29 is 0 Å². The lowest BCUT2D eigenvalue weighted by molar-refractivity contribution is 0.563. The van der Waals surface area contributed by atoms with Gasteiger partial charge >= 0.3 is 5.69 Å². The Kier molecular flexibility index (Phi) is 3.69. The first kappa shape index (κ1) is 12.3. The van der Waals surface area contributed by atoms with E-state index >= 15 is 0 Å². The van der Waals surface area contributed by atoms with Gasteiger partial charge in [-0.15, -0.1) is 0 Å².